The molecule has 0 aliphatic rings. The zero-order chi connectivity index (χ0) is 23.3. The Morgan fingerprint density at radius 1 is 0.735 bits per heavy atom. The number of benzene rings is 3. The van der Waals surface area contributed by atoms with Crippen LogP contribution in [0.25, 0.3) is 21.8 Å². The Kier molecular flexibility index (Phi) is 6.45. The number of nitrogens with one attached hydrogen (secondary N) is 1. The predicted octanol–water partition coefficient (Wildman–Crippen LogP) is 7.09. The van der Waals surface area contributed by atoms with Gasteiger partial charge in [0.25, 0.3) is 0 Å². The van der Waals surface area contributed by atoms with Crippen LogP contribution in [0.15, 0.2) is 90.3 Å². The third-order valence-electron chi connectivity index (χ3n) is 5.76. The summed E-state index contributed by atoms with van der Waals surface area (Å²) in [6.45, 7) is 4.69. The molecule has 5 heteroatoms. The van der Waals surface area contributed by atoms with Gasteiger partial charge in [0.2, 0.25) is 0 Å². The quantitative estimate of drug-likeness (QED) is 0.281. The molecule has 2 aromatic heterocycles. The summed E-state index contributed by atoms with van der Waals surface area (Å²) in [4.78, 5) is 14.2. The molecule has 0 saturated heterocycles. The van der Waals surface area contributed by atoms with Crippen LogP contribution in [-0.2, 0) is 13.0 Å². The summed E-state index contributed by atoms with van der Waals surface area (Å²) >= 11 is 1.68. The van der Waals surface area contributed by atoms with Crippen LogP contribution in [0.3, 0.4) is 0 Å². The zero-order valence-corrected chi connectivity index (χ0v) is 20.1. The van der Waals surface area contributed by atoms with E-state index in [0.29, 0.717) is 6.54 Å². The van der Waals surface area contributed by atoms with Crippen LogP contribution in [0.2, 0.25) is 0 Å². The van der Waals surface area contributed by atoms with Gasteiger partial charge < -0.3 is 5.32 Å². The van der Waals surface area contributed by atoms with Crippen molar-refractivity contribution < 1.29 is 0 Å². The van der Waals surface area contributed by atoms with Crippen LogP contribution in [0.1, 0.15) is 28.2 Å². The summed E-state index contributed by atoms with van der Waals surface area (Å²) in [6.07, 6.45) is 0.802. The number of aryl methyl sites for hydroxylation is 2. The average molecular weight is 463 g/mol. The van der Waals surface area contributed by atoms with Crippen molar-refractivity contribution in [2.75, 3.05) is 5.32 Å². The monoisotopic (exact) mass is 462 g/mol. The van der Waals surface area contributed by atoms with Crippen LogP contribution >= 0.6 is 11.3 Å². The molecular formula is C29H26N4S. The van der Waals surface area contributed by atoms with E-state index in [-0.39, 0.29) is 0 Å². The molecule has 0 amide bonds. The fraction of sp³-hybridized carbons (Fsp3) is 0.138. The number of thiazole rings is 1. The third kappa shape index (κ3) is 5.05. The summed E-state index contributed by atoms with van der Waals surface area (Å²) < 4.78 is 0. The van der Waals surface area contributed by atoms with Crippen molar-refractivity contribution in [3.8, 4) is 21.8 Å². The molecule has 0 spiro atoms. The van der Waals surface area contributed by atoms with Gasteiger partial charge in [0.05, 0.1) is 5.69 Å². The summed E-state index contributed by atoms with van der Waals surface area (Å²) in [5.41, 5.74) is 7.88. The summed E-state index contributed by atoms with van der Waals surface area (Å²) in [5.74, 6) is 1.68. The third-order valence-corrected chi connectivity index (χ3v) is 6.65. The Morgan fingerprint density at radius 2 is 1.44 bits per heavy atom. The van der Waals surface area contributed by atoms with Crippen LogP contribution in [0.4, 0.5) is 5.82 Å². The second-order valence-corrected chi connectivity index (χ2v) is 9.16. The molecule has 1 N–H and O–H groups in total. The number of rotatable bonds is 7. The molecule has 0 radical (unpaired) electrons. The second kappa shape index (κ2) is 9.98. The first-order chi connectivity index (χ1) is 16.7. The van der Waals surface area contributed by atoms with Crippen molar-refractivity contribution in [2.24, 2.45) is 0 Å². The Balaban J connectivity index is 1.36. The van der Waals surface area contributed by atoms with Crippen molar-refractivity contribution in [3.63, 3.8) is 0 Å². The fourth-order valence-corrected chi connectivity index (χ4v) is 4.87. The molecule has 0 unspecified atom stereocenters. The smallest absolute Gasteiger partial charge is 0.133 e. The highest BCUT2D eigenvalue weighted by atomic mass is 32.1. The van der Waals surface area contributed by atoms with E-state index in [1.165, 1.54) is 11.1 Å². The summed E-state index contributed by atoms with van der Waals surface area (Å²) in [5, 5.41) is 6.72. The Labute approximate surface area is 204 Å². The Hall–Kier alpha value is -3.83. The van der Waals surface area contributed by atoms with Gasteiger partial charge in [-0.25, -0.2) is 15.0 Å². The molecule has 5 rings (SSSR count). The number of hydrogen-bond acceptors (Lipinski definition) is 5. The largest absolute Gasteiger partial charge is 0.366 e. The number of anilines is 1. The lowest BCUT2D eigenvalue weighted by atomic mass is 10.0. The standard InChI is InChI=1S/C29H26N4S/c1-20-26(17-22-10-5-3-6-11-22)28(32-21(2)31-20)30-18-23-12-9-15-25(16-23)29-33-27(19-34-29)24-13-7-4-8-14-24/h3-16,19H,17-18H2,1-2H3,(H,30,31,32). The van der Waals surface area contributed by atoms with E-state index in [2.05, 4.69) is 83.3 Å². The molecule has 168 valence electrons. The molecule has 2 heterocycles. The molecule has 0 atom stereocenters. The van der Waals surface area contributed by atoms with Gasteiger partial charge in [-0.1, -0.05) is 78.9 Å². The van der Waals surface area contributed by atoms with E-state index < -0.39 is 0 Å². The van der Waals surface area contributed by atoms with Gasteiger partial charge in [0, 0.05) is 40.7 Å². The maximum atomic E-state index is 4.87. The van der Waals surface area contributed by atoms with E-state index in [1.807, 2.05) is 31.2 Å². The van der Waals surface area contributed by atoms with Crippen molar-refractivity contribution in [2.45, 2.75) is 26.8 Å². The summed E-state index contributed by atoms with van der Waals surface area (Å²) in [7, 11) is 0. The maximum absolute atomic E-state index is 4.87. The van der Waals surface area contributed by atoms with Gasteiger partial charge in [-0.2, -0.15) is 0 Å². The van der Waals surface area contributed by atoms with Gasteiger partial charge in [-0.3, -0.25) is 0 Å². The molecule has 5 aromatic rings. The minimum atomic E-state index is 0.683. The lowest BCUT2D eigenvalue weighted by Crippen LogP contribution is -2.09. The highest BCUT2D eigenvalue weighted by Gasteiger charge is 2.12. The lowest BCUT2D eigenvalue weighted by Gasteiger charge is -2.15. The van der Waals surface area contributed by atoms with Crippen molar-refractivity contribution >= 4 is 17.2 Å². The molecule has 34 heavy (non-hydrogen) atoms. The van der Waals surface area contributed by atoms with E-state index >= 15 is 0 Å². The molecule has 3 aromatic carbocycles. The van der Waals surface area contributed by atoms with Gasteiger partial charge in [0.1, 0.15) is 16.6 Å². The lowest BCUT2D eigenvalue weighted by molar-refractivity contribution is 0.946. The molecule has 0 aliphatic carbocycles. The molecule has 4 nitrogen and oxygen atoms in total. The minimum absolute atomic E-state index is 0.683. The highest BCUT2D eigenvalue weighted by Crippen LogP contribution is 2.29. The van der Waals surface area contributed by atoms with Gasteiger partial charge in [-0.15, -0.1) is 11.3 Å². The molecule has 0 fully saturated rings. The Bertz CT molecular complexity index is 1390. The average Bonchev–Trinajstić information content (AvgIpc) is 3.36. The van der Waals surface area contributed by atoms with Gasteiger partial charge in [-0.05, 0) is 31.0 Å². The van der Waals surface area contributed by atoms with Crippen LogP contribution in [0.5, 0.6) is 0 Å². The van der Waals surface area contributed by atoms with E-state index in [9.17, 15) is 0 Å². The molecular weight excluding hydrogens is 436 g/mol. The second-order valence-electron chi connectivity index (χ2n) is 8.30. The topological polar surface area (TPSA) is 50.7 Å². The van der Waals surface area contributed by atoms with Gasteiger partial charge in [0.15, 0.2) is 0 Å². The summed E-state index contributed by atoms with van der Waals surface area (Å²) in [6, 6.07) is 29.3. The fourth-order valence-electron chi connectivity index (χ4n) is 4.04. The SMILES string of the molecule is Cc1nc(C)c(Cc2ccccc2)c(NCc2cccc(-c3nc(-c4ccccc4)cs3)c2)n1. The van der Waals surface area contributed by atoms with Crippen LogP contribution in [-0.4, -0.2) is 15.0 Å². The van der Waals surface area contributed by atoms with E-state index in [1.54, 1.807) is 11.3 Å². The molecule has 0 bridgehead atoms. The van der Waals surface area contributed by atoms with Crippen molar-refractivity contribution in [1.82, 2.24) is 15.0 Å². The first-order valence-corrected chi connectivity index (χ1v) is 12.3. The minimum Gasteiger partial charge on any atom is -0.366 e. The maximum Gasteiger partial charge on any atom is 0.133 e. The first-order valence-electron chi connectivity index (χ1n) is 11.4. The van der Waals surface area contributed by atoms with E-state index in [0.717, 1.165) is 51.1 Å². The number of aromatic nitrogens is 3. The Morgan fingerprint density at radius 3 is 2.24 bits per heavy atom. The predicted molar refractivity (Wildman–Crippen MR) is 141 cm³/mol. The number of nitrogens with zero attached hydrogens (tertiary/aromatic N) is 3. The van der Waals surface area contributed by atoms with Crippen molar-refractivity contribution in [1.29, 1.82) is 0 Å². The van der Waals surface area contributed by atoms with Gasteiger partial charge >= 0.3 is 0 Å². The van der Waals surface area contributed by atoms with Crippen molar-refractivity contribution in [3.05, 3.63) is 119 Å². The highest BCUT2D eigenvalue weighted by molar-refractivity contribution is 7.13. The van der Waals surface area contributed by atoms with E-state index in [4.69, 9.17) is 9.97 Å². The van der Waals surface area contributed by atoms with Crippen LogP contribution in [0, 0.1) is 13.8 Å². The zero-order valence-electron chi connectivity index (χ0n) is 19.3. The molecule has 0 aliphatic heterocycles. The molecule has 0 saturated carbocycles. The normalized spacial score (nSPS) is 10.9. The van der Waals surface area contributed by atoms with Crippen LogP contribution < -0.4 is 5.32 Å². The number of hydrogen-bond donors (Lipinski definition) is 1. The first kappa shape index (κ1) is 22.0.